The Morgan fingerprint density at radius 2 is 1.91 bits per heavy atom. The van der Waals surface area contributed by atoms with Gasteiger partial charge in [-0.25, -0.2) is 4.79 Å². The standard InChI is InChI=1S/C17H19NO4/c19-14-5-11-8-18-9-12(11)6-16(14)21-13-3-1-10-2-4-17(20)22-15(10)7-13/h1-4,7,11-12,14,16,18-19H,5-6,8-9H2/t11-,12+,14+,16+/m0/s1. The van der Waals surface area contributed by atoms with Crippen LogP contribution in [0.2, 0.25) is 0 Å². The Labute approximate surface area is 127 Å². The molecule has 0 bridgehead atoms. The van der Waals surface area contributed by atoms with Crippen molar-refractivity contribution >= 4 is 11.0 Å². The highest BCUT2D eigenvalue weighted by Gasteiger charge is 2.39. The predicted octanol–water partition coefficient (Wildman–Crippen LogP) is 1.53. The van der Waals surface area contributed by atoms with E-state index in [-0.39, 0.29) is 11.7 Å². The lowest BCUT2D eigenvalue weighted by molar-refractivity contribution is -0.0231. The molecule has 1 aromatic heterocycles. The molecule has 5 nitrogen and oxygen atoms in total. The highest BCUT2D eigenvalue weighted by atomic mass is 16.5. The van der Waals surface area contributed by atoms with Gasteiger partial charge in [0.05, 0.1) is 6.10 Å². The number of benzene rings is 1. The molecule has 2 aromatic rings. The summed E-state index contributed by atoms with van der Waals surface area (Å²) in [6.07, 6.45) is 0.995. The van der Waals surface area contributed by atoms with E-state index >= 15 is 0 Å². The molecular weight excluding hydrogens is 282 g/mol. The lowest BCUT2D eigenvalue weighted by Crippen LogP contribution is -2.42. The topological polar surface area (TPSA) is 71.7 Å². The van der Waals surface area contributed by atoms with E-state index in [1.807, 2.05) is 12.1 Å². The summed E-state index contributed by atoms with van der Waals surface area (Å²) in [5, 5.41) is 14.5. The highest BCUT2D eigenvalue weighted by molar-refractivity contribution is 5.77. The Morgan fingerprint density at radius 3 is 2.77 bits per heavy atom. The van der Waals surface area contributed by atoms with Crippen molar-refractivity contribution in [3.05, 3.63) is 40.8 Å². The molecule has 0 amide bonds. The fourth-order valence-electron chi connectivity index (χ4n) is 3.67. The van der Waals surface area contributed by atoms with Gasteiger partial charge in [-0.3, -0.25) is 0 Å². The third-order valence-electron chi connectivity index (χ3n) is 4.87. The van der Waals surface area contributed by atoms with Crippen LogP contribution in [0.3, 0.4) is 0 Å². The van der Waals surface area contributed by atoms with Crippen molar-refractivity contribution in [2.75, 3.05) is 13.1 Å². The Kier molecular flexibility index (Phi) is 3.39. The van der Waals surface area contributed by atoms with Gasteiger partial charge in [-0.2, -0.15) is 0 Å². The van der Waals surface area contributed by atoms with Crippen LogP contribution in [-0.4, -0.2) is 30.4 Å². The SMILES string of the molecule is O=c1ccc2ccc(O[C@@H]3C[C@@H]4CNC[C@@H]4C[C@H]3O)cc2o1. The molecule has 116 valence electrons. The Balaban J connectivity index is 1.56. The van der Waals surface area contributed by atoms with E-state index in [1.54, 1.807) is 12.1 Å². The van der Waals surface area contributed by atoms with Gasteiger partial charge >= 0.3 is 5.63 Å². The lowest BCUT2D eigenvalue weighted by Gasteiger charge is -2.35. The van der Waals surface area contributed by atoms with Crippen LogP contribution in [0.15, 0.2) is 39.5 Å². The molecule has 1 aliphatic heterocycles. The minimum absolute atomic E-state index is 0.200. The predicted molar refractivity (Wildman–Crippen MR) is 82.0 cm³/mol. The highest BCUT2D eigenvalue weighted by Crippen LogP contribution is 2.35. The minimum atomic E-state index is -0.445. The quantitative estimate of drug-likeness (QED) is 0.823. The van der Waals surface area contributed by atoms with E-state index < -0.39 is 6.10 Å². The largest absolute Gasteiger partial charge is 0.488 e. The van der Waals surface area contributed by atoms with Crippen LogP contribution in [0.1, 0.15) is 12.8 Å². The number of nitrogens with one attached hydrogen (secondary N) is 1. The fraction of sp³-hybridized carbons (Fsp3) is 0.471. The maximum atomic E-state index is 11.3. The first-order chi connectivity index (χ1) is 10.7. The first-order valence-corrected chi connectivity index (χ1v) is 7.78. The van der Waals surface area contributed by atoms with Gasteiger partial charge in [0.25, 0.3) is 0 Å². The number of aliphatic hydroxyl groups is 1. The van der Waals surface area contributed by atoms with Gasteiger partial charge in [-0.05, 0) is 56.0 Å². The van der Waals surface area contributed by atoms with E-state index in [0.717, 1.165) is 31.3 Å². The summed E-state index contributed by atoms with van der Waals surface area (Å²) in [7, 11) is 0. The van der Waals surface area contributed by atoms with E-state index in [0.29, 0.717) is 23.2 Å². The molecule has 1 saturated heterocycles. The van der Waals surface area contributed by atoms with E-state index in [9.17, 15) is 9.90 Å². The molecule has 4 rings (SSSR count). The summed E-state index contributed by atoms with van der Waals surface area (Å²) >= 11 is 0. The molecule has 2 N–H and O–H groups in total. The van der Waals surface area contributed by atoms with Crippen LogP contribution in [-0.2, 0) is 0 Å². The second-order valence-corrected chi connectivity index (χ2v) is 6.33. The van der Waals surface area contributed by atoms with Crippen LogP contribution in [0, 0.1) is 11.8 Å². The van der Waals surface area contributed by atoms with Crippen molar-refractivity contribution < 1.29 is 14.3 Å². The molecule has 0 radical (unpaired) electrons. The van der Waals surface area contributed by atoms with Crippen molar-refractivity contribution in [1.82, 2.24) is 5.32 Å². The van der Waals surface area contributed by atoms with Gasteiger partial charge in [0.2, 0.25) is 0 Å². The maximum absolute atomic E-state index is 11.3. The number of aliphatic hydroxyl groups excluding tert-OH is 1. The van der Waals surface area contributed by atoms with Crippen molar-refractivity contribution in [1.29, 1.82) is 0 Å². The number of hydrogen-bond donors (Lipinski definition) is 2. The third kappa shape index (κ3) is 2.51. The zero-order valence-electron chi connectivity index (χ0n) is 12.2. The molecule has 1 aliphatic carbocycles. The molecule has 2 fully saturated rings. The molecule has 1 aromatic carbocycles. The van der Waals surface area contributed by atoms with Crippen molar-refractivity contribution in [3.63, 3.8) is 0 Å². The van der Waals surface area contributed by atoms with Gasteiger partial charge in [-0.1, -0.05) is 0 Å². The number of ether oxygens (including phenoxy) is 1. The monoisotopic (exact) mass is 301 g/mol. The summed E-state index contributed by atoms with van der Waals surface area (Å²) in [5.41, 5.74) is 0.137. The Bertz CT molecular complexity index is 741. The van der Waals surface area contributed by atoms with Crippen molar-refractivity contribution in [3.8, 4) is 5.75 Å². The number of fused-ring (bicyclic) bond motifs is 2. The van der Waals surface area contributed by atoms with E-state index in [4.69, 9.17) is 9.15 Å². The van der Waals surface area contributed by atoms with Gasteiger partial charge in [0, 0.05) is 17.5 Å². The fourth-order valence-corrected chi connectivity index (χ4v) is 3.67. The summed E-state index contributed by atoms with van der Waals surface area (Å²) in [6, 6.07) is 8.58. The summed E-state index contributed by atoms with van der Waals surface area (Å²) < 4.78 is 11.2. The minimum Gasteiger partial charge on any atom is -0.488 e. The average molecular weight is 301 g/mol. The van der Waals surface area contributed by atoms with Crippen LogP contribution >= 0.6 is 0 Å². The van der Waals surface area contributed by atoms with Gasteiger partial charge < -0.3 is 19.6 Å². The summed E-state index contributed by atoms with van der Waals surface area (Å²) in [6.45, 7) is 2.00. The summed E-state index contributed by atoms with van der Waals surface area (Å²) in [4.78, 5) is 11.3. The van der Waals surface area contributed by atoms with Crippen LogP contribution in [0.5, 0.6) is 5.75 Å². The second-order valence-electron chi connectivity index (χ2n) is 6.33. The zero-order chi connectivity index (χ0) is 15.1. The Morgan fingerprint density at radius 1 is 1.14 bits per heavy atom. The van der Waals surface area contributed by atoms with Crippen molar-refractivity contribution in [2.45, 2.75) is 25.0 Å². The molecule has 2 heterocycles. The zero-order valence-corrected chi connectivity index (χ0v) is 12.2. The first-order valence-electron chi connectivity index (χ1n) is 7.78. The van der Waals surface area contributed by atoms with Crippen LogP contribution in [0.4, 0.5) is 0 Å². The number of rotatable bonds is 2. The normalized spacial score (nSPS) is 31.1. The van der Waals surface area contributed by atoms with Crippen molar-refractivity contribution in [2.24, 2.45) is 11.8 Å². The first kappa shape index (κ1) is 13.8. The van der Waals surface area contributed by atoms with E-state index in [1.165, 1.54) is 6.07 Å². The molecular formula is C17H19NO4. The molecule has 2 aliphatic rings. The maximum Gasteiger partial charge on any atom is 0.336 e. The number of hydrogen-bond acceptors (Lipinski definition) is 5. The smallest absolute Gasteiger partial charge is 0.336 e. The second kappa shape index (κ2) is 5.41. The lowest BCUT2D eigenvalue weighted by atomic mass is 9.78. The van der Waals surface area contributed by atoms with Gasteiger partial charge in [0.1, 0.15) is 17.4 Å². The molecule has 0 unspecified atom stereocenters. The molecule has 1 saturated carbocycles. The third-order valence-corrected chi connectivity index (χ3v) is 4.87. The van der Waals surface area contributed by atoms with Gasteiger partial charge in [0.15, 0.2) is 0 Å². The van der Waals surface area contributed by atoms with Gasteiger partial charge in [-0.15, -0.1) is 0 Å². The van der Waals surface area contributed by atoms with Crippen LogP contribution in [0.25, 0.3) is 11.0 Å². The van der Waals surface area contributed by atoms with Crippen LogP contribution < -0.4 is 15.7 Å². The summed E-state index contributed by atoms with van der Waals surface area (Å²) in [5.74, 6) is 1.77. The molecule has 4 atom stereocenters. The Hall–Kier alpha value is -1.85. The van der Waals surface area contributed by atoms with E-state index in [2.05, 4.69) is 5.32 Å². The molecule has 0 spiro atoms. The average Bonchev–Trinajstić information content (AvgIpc) is 2.94. The molecule has 5 heteroatoms. The molecule has 22 heavy (non-hydrogen) atoms.